The molecule has 2 aromatic heterocycles. The topological polar surface area (TPSA) is 72.7 Å². The van der Waals surface area contributed by atoms with Crippen LogP contribution in [0.25, 0.3) is 16.9 Å². The predicted octanol–water partition coefficient (Wildman–Crippen LogP) is 4.84. The molecule has 0 bridgehead atoms. The number of pyridine rings is 1. The molecule has 2 aromatic carbocycles. The van der Waals surface area contributed by atoms with E-state index in [1.54, 1.807) is 0 Å². The summed E-state index contributed by atoms with van der Waals surface area (Å²) >= 11 is 0. The van der Waals surface area contributed by atoms with Gasteiger partial charge in [-0.05, 0) is 86.0 Å². The fourth-order valence-electron chi connectivity index (χ4n) is 4.03. The maximum Gasteiger partial charge on any atom is 0.247 e. The van der Waals surface area contributed by atoms with Gasteiger partial charge in [0.2, 0.25) is 5.95 Å². The van der Waals surface area contributed by atoms with Crippen molar-refractivity contribution < 1.29 is 9.47 Å². The van der Waals surface area contributed by atoms with Crippen LogP contribution >= 0.6 is 0 Å². The van der Waals surface area contributed by atoms with E-state index in [0.717, 1.165) is 73.0 Å². The molecule has 0 unspecified atom stereocenters. The first kappa shape index (κ1) is 21.3. The number of hydrogen-bond donors (Lipinski definition) is 2. The van der Waals surface area contributed by atoms with Crippen LogP contribution in [0.1, 0.15) is 25.3 Å². The minimum Gasteiger partial charge on any atom is -0.493 e. The second-order valence-electron chi connectivity index (χ2n) is 8.10. The molecule has 0 atom stereocenters. The largest absolute Gasteiger partial charge is 0.493 e. The molecule has 1 aliphatic rings. The Hall–Kier alpha value is -3.58. The van der Waals surface area contributed by atoms with Crippen LogP contribution in [0.5, 0.6) is 11.5 Å². The zero-order valence-electron chi connectivity index (χ0n) is 18.9. The smallest absolute Gasteiger partial charge is 0.247 e. The van der Waals surface area contributed by atoms with E-state index in [-0.39, 0.29) is 0 Å². The highest BCUT2D eigenvalue weighted by atomic mass is 16.5. The van der Waals surface area contributed by atoms with E-state index in [9.17, 15) is 0 Å². The summed E-state index contributed by atoms with van der Waals surface area (Å²) in [5.74, 6) is 2.40. The average Bonchev–Trinajstić information content (AvgIpc) is 3.10. The lowest BCUT2D eigenvalue weighted by molar-refractivity contribution is 0.315. The quantitative estimate of drug-likeness (QED) is 0.380. The Bertz CT molecular complexity index is 1220. The van der Waals surface area contributed by atoms with Crippen LogP contribution in [-0.2, 0) is 6.42 Å². The summed E-state index contributed by atoms with van der Waals surface area (Å²) in [7, 11) is 0. The maximum atomic E-state index is 5.88. The van der Waals surface area contributed by atoms with Crippen molar-refractivity contribution in [3.05, 3.63) is 66.2 Å². The van der Waals surface area contributed by atoms with Crippen molar-refractivity contribution in [2.75, 3.05) is 31.6 Å². The second kappa shape index (κ2) is 9.92. The average molecular weight is 444 g/mol. The van der Waals surface area contributed by atoms with E-state index in [0.29, 0.717) is 12.6 Å². The SMILES string of the molecule is CCNCCOc1ccc(Nc2nc3cccc(-c4ccc5c(c4)CCCCO5)n3n2)cc1. The summed E-state index contributed by atoms with van der Waals surface area (Å²) in [6.07, 6.45) is 3.29. The van der Waals surface area contributed by atoms with Crippen LogP contribution < -0.4 is 20.1 Å². The molecule has 7 nitrogen and oxygen atoms in total. The molecule has 1 aliphatic heterocycles. The fraction of sp³-hybridized carbons (Fsp3) is 0.308. The van der Waals surface area contributed by atoms with Crippen molar-refractivity contribution in [1.29, 1.82) is 0 Å². The van der Waals surface area contributed by atoms with Crippen molar-refractivity contribution in [2.45, 2.75) is 26.2 Å². The van der Waals surface area contributed by atoms with Crippen LogP contribution in [0, 0.1) is 0 Å². The Labute approximate surface area is 193 Å². The van der Waals surface area contributed by atoms with E-state index >= 15 is 0 Å². The number of hydrogen-bond acceptors (Lipinski definition) is 6. The van der Waals surface area contributed by atoms with E-state index < -0.39 is 0 Å². The first-order chi connectivity index (χ1) is 16.3. The zero-order chi connectivity index (χ0) is 22.5. The number of benzene rings is 2. The van der Waals surface area contributed by atoms with Crippen molar-refractivity contribution >= 4 is 17.3 Å². The van der Waals surface area contributed by atoms with Gasteiger partial charge in [0.1, 0.15) is 18.1 Å². The van der Waals surface area contributed by atoms with Gasteiger partial charge in [-0.2, -0.15) is 4.98 Å². The van der Waals surface area contributed by atoms with Crippen LogP contribution in [-0.4, -0.2) is 40.9 Å². The fourth-order valence-corrected chi connectivity index (χ4v) is 4.03. The number of nitrogens with one attached hydrogen (secondary N) is 2. The van der Waals surface area contributed by atoms with Crippen LogP contribution in [0.2, 0.25) is 0 Å². The summed E-state index contributed by atoms with van der Waals surface area (Å²) in [6, 6.07) is 20.3. The van der Waals surface area contributed by atoms with Gasteiger partial charge in [-0.1, -0.05) is 13.0 Å². The summed E-state index contributed by atoms with van der Waals surface area (Å²) in [5, 5.41) is 11.3. The lowest BCUT2D eigenvalue weighted by atomic mass is 10.0. The van der Waals surface area contributed by atoms with Gasteiger partial charge in [0.15, 0.2) is 5.65 Å². The van der Waals surface area contributed by atoms with Crippen molar-refractivity contribution in [2.24, 2.45) is 0 Å². The molecule has 0 amide bonds. The lowest BCUT2D eigenvalue weighted by Gasteiger charge is -2.10. The maximum absolute atomic E-state index is 5.88. The standard InChI is InChI=1S/C26H29N5O2/c1-2-27-15-17-32-22-12-10-21(11-13-22)28-26-29-25-8-5-7-23(31(25)30-26)19-9-14-24-20(18-19)6-3-4-16-33-24/h5,7-14,18,27H,2-4,6,15-17H2,1H3,(H,28,30). The zero-order valence-corrected chi connectivity index (χ0v) is 18.9. The van der Waals surface area contributed by atoms with Gasteiger partial charge in [0.05, 0.1) is 12.3 Å². The van der Waals surface area contributed by atoms with Gasteiger partial charge >= 0.3 is 0 Å². The van der Waals surface area contributed by atoms with E-state index in [1.807, 2.05) is 40.9 Å². The molecular formula is C26H29N5O2. The molecule has 0 radical (unpaired) electrons. The van der Waals surface area contributed by atoms with Gasteiger partial charge in [0, 0.05) is 17.8 Å². The Kier molecular flexibility index (Phi) is 6.39. The second-order valence-corrected chi connectivity index (χ2v) is 8.10. The number of anilines is 2. The molecule has 170 valence electrons. The van der Waals surface area contributed by atoms with E-state index in [1.165, 1.54) is 5.56 Å². The molecule has 3 heterocycles. The molecule has 5 rings (SSSR count). The third-order valence-electron chi connectivity index (χ3n) is 5.72. The van der Waals surface area contributed by atoms with Gasteiger partial charge in [-0.25, -0.2) is 4.52 Å². The van der Waals surface area contributed by atoms with Crippen molar-refractivity contribution in [3.63, 3.8) is 0 Å². The Morgan fingerprint density at radius 2 is 1.97 bits per heavy atom. The molecule has 0 saturated heterocycles. The highest BCUT2D eigenvalue weighted by Crippen LogP contribution is 2.30. The van der Waals surface area contributed by atoms with E-state index in [4.69, 9.17) is 14.6 Å². The molecule has 7 heteroatoms. The Balaban J connectivity index is 1.35. The normalized spacial score (nSPS) is 13.2. The number of aryl methyl sites for hydroxylation is 1. The number of ether oxygens (including phenoxy) is 2. The summed E-state index contributed by atoms with van der Waals surface area (Å²) in [6.45, 7) is 5.30. The first-order valence-corrected chi connectivity index (χ1v) is 11.6. The lowest BCUT2D eigenvalue weighted by Crippen LogP contribution is -2.20. The van der Waals surface area contributed by atoms with Gasteiger partial charge < -0.3 is 20.1 Å². The molecule has 0 spiro atoms. The predicted molar refractivity (Wildman–Crippen MR) is 131 cm³/mol. The third-order valence-corrected chi connectivity index (χ3v) is 5.72. The minimum atomic E-state index is 0.557. The van der Waals surface area contributed by atoms with Gasteiger partial charge in [-0.3, -0.25) is 0 Å². The summed E-state index contributed by atoms with van der Waals surface area (Å²) in [4.78, 5) is 4.67. The molecule has 2 N–H and O–H groups in total. The van der Waals surface area contributed by atoms with Crippen LogP contribution in [0.15, 0.2) is 60.7 Å². The first-order valence-electron chi connectivity index (χ1n) is 11.6. The molecular weight excluding hydrogens is 414 g/mol. The summed E-state index contributed by atoms with van der Waals surface area (Å²) < 4.78 is 13.5. The van der Waals surface area contributed by atoms with Gasteiger partial charge in [-0.15, -0.1) is 5.10 Å². The van der Waals surface area contributed by atoms with Crippen LogP contribution in [0.4, 0.5) is 11.6 Å². The highest BCUT2D eigenvalue weighted by Gasteiger charge is 2.13. The van der Waals surface area contributed by atoms with Crippen molar-refractivity contribution in [3.8, 4) is 22.8 Å². The Morgan fingerprint density at radius 3 is 2.85 bits per heavy atom. The number of nitrogens with zero attached hydrogens (tertiary/aromatic N) is 3. The van der Waals surface area contributed by atoms with Gasteiger partial charge in [0.25, 0.3) is 0 Å². The summed E-state index contributed by atoms with van der Waals surface area (Å²) in [5.41, 5.74) is 5.08. The molecule has 0 aliphatic carbocycles. The number of likely N-dealkylation sites (N-methyl/N-ethyl adjacent to an activating group) is 1. The molecule has 0 fully saturated rings. The molecule has 0 saturated carbocycles. The molecule has 4 aromatic rings. The Morgan fingerprint density at radius 1 is 1.06 bits per heavy atom. The monoisotopic (exact) mass is 443 g/mol. The number of aromatic nitrogens is 3. The van der Waals surface area contributed by atoms with E-state index in [2.05, 4.69) is 46.8 Å². The van der Waals surface area contributed by atoms with Crippen molar-refractivity contribution in [1.82, 2.24) is 19.9 Å². The highest BCUT2D eigenvalue weighted by molar-refractivity contribution is 5.66. The minimum absolute atomic E-state index is 0.557. The number of rotatable bonds is 8. The number of fused-ring (bicyclic) bond motifs is 2. The third kappa shape index (κ3) is 4.93. The van der Waals surface area contributed by atoms with Crippen LogP contribution in [0.3, 0.4) is 0 Å². The molecule has 33 heavy (non-hydrogen) atoms.